The van der Waals surface area contributed by atoms with Crippen molar-refractivity contribution in [2.75, 3.05) is 33.9 Å². The molecular formula is C22H26N4O5. The highest BCUT2D eigenvalue weighted by atomic mass is 16.5. The highest BCUT2D eigenvalue weighted by Crippen LogP contribution is 2.54. The summed E-state index contributed by atoms with van der Waals surface area (Å²) in [5.41, 5.74) is 1.07. The van der Waals surface area contributed by atoms with Gasteiger partial charge in [-0.15, -0.1) is 0 Å². The van der Waals surface area contributed by atoms with E-state index in [1.165, 1.54) is 7.11 Å². The average Bonchev–Trinajstić information content (AvgIpc) is 3.34. The third-order valence-electron chi connectivity index (χ3n) is 8.50. The number of nitriles is 1. The lowest BCUT2D eigenvalue weighted by molar-refractivity contribution is -0.145. The SMILES string of the molecule is COC1=C(C)C(=O)C2=C(C1=O)C(CO)N1[C@@H]3[C@H]4[C@H](C[C@@H]([C@@H]1C#N)N4C)[C@H]1OCCN1[C@H]23. The Morgan fingerprint density at radius 3 is 2.71 bits per heavy atom. The van der Waals surface area contributed by atoms with Crippen LogP contribution in [0.1, 0.15) is 13.3 Å². The van der Waals surface area contributed by atoms with Crippen LogP contribution in [-0.2, 0) is 19.1 Å². The minimum absolute atomic E-state index is 0.00850. The normalized spacial score (nSPS) is 44.5. The molecule has 5 aliphatic heterocycles. The van der Waals surface area contributed by atoms with E-state index in [1.54, 1.807) is 6.92 Å². The van der Waals surface area contributed by atoms with E-state index in [9.17, 15) is 20.0 Å². The van der Waals surface area contributed by atoms with Crippen LogP contribution in [0.3, 0.4) is 0 Å². The van der Waals surface area contributed by atoms with Crippen LogP contribution < -0.4 is 0 Å². The van der Waals surface area contributed by atoms with Crippen LogP contribution in [0.4, 0.5) is 0 Å². The number of hydrogen-bond donors (Lipinski definition) is 1. The number of allylic oxidation sites excluding steroid dienone is 2. The van der Waals surface area contributed by atoms with Gasteiger partial charge in [0.15, 0.2) is 11.5 Å². The van der Waals surface area contributed by atoms with E-state index in [0.717, 1.165) is 6.42 Å². The summed E-state index contributed by atoms with van der Waals surface area (Å²) in [5.74, 6) is -0.292. The van der Waals surface area contributed by atoms with E-state index in [0.29, 0.717) is 29.9 Å². The topological polar surface area (TPSA) is 106 Å². The summed E-state index contributed by atoms with van der Waals surface area (Å²) in [6.07, 6.45) is 0.694. The molecule has 1 aliphatic carbocycles. The van der Waals surface area contributed by atoms with Crippen LogP contribution >= 0.6 is 0 Å². The van der Waals surface area contributed by atoms with Crippen molar-refractivity contribution in [3.8, 4) is 6.07 Å². The Hall–Kier alpha value is -2.09. The van der Waals surface area contributed by atoms with Gasteiger partial charge in [-0.25, -0.2) is 0 Å². The number of carbonyl (C=O) groups excluding carboxylic acids is 2. The maximum absolute atomic E-state index is 13.6. The minimum atomic E-state index is -0.701. The number of Topliss-reactive ketones (excluding diaryl/α,β-unsaturated/α-hetero) is 2. The van der Waals surface area contributed by atoms with Crippen molar-refractivity contribution in [2.45, 2.75) is 55.8 Å². The molecule has 5 heterocycles. The molecule has 9 nitrogen and oxygen atoms in total. The number of rotatable bonds is 2. The molecule has 1 unspecified atom stereocenters. The van der Waals surface area contributed by atoms with Gasteiger partial charge in [0.05, 0.1) is 38.5 Å². The van der Waals surface area contributed by atoms with E-state index in [1.807, 2.05) is 4.90 Å². The standard InChI is InChI=1S/C22H26N4O5/c1-9-19(28)15-14(20(29)21(9)30-3)13(8-27)26-12(7-23)11-6-10-16(24(11)2)18(26)17(15)25-4-5-31-22(10)25/h10-13,16-18,22,27H,4-6,8H2,1-3H3/t10-,11-,12-,13?,16+,17+,18+,22+/m0/s1. The molecule has 0 spiro atoms. The number of piperidine rings is 1. The molecule has 4 saturated heterocycles. The molecule has 164 valence electrons. The van der Waals surface area contributed by atoms with Gasteiger partial charge in [0.1, 0.15) is 12.3 Å². The molecule has 0 radical (unpaired) electrons. The van der Waals surface area contributed by atoms with Crippen molar-refractivity contribution < 1.29 is 24.2 Å². The first-order valence-corrected chi connectivity index (χ1v) is 10.9. The van der Waals surface area contributed by atoms with Crippen molar-refractivity contribution >= 4 is 11.6 Å². The van der Waals surface area contributed by atoms with Crippen LogP contribution in [-0.4, -0.2) is 108 Å². The molecule has 2 bridgehead atoms. The molecular weight excluding hydrogens is 400 g/mol. The number of aliphatic hydroxyl groups is 1. The van der Waals surface area contributed by atoms with Gasteiger partial charge in [-0.2, -0.15) is 5.26 Å². The van der Waals surface area contributed by atoms with Gasteiger partial charge >= 0.3 is 0 Å². The van der Waals surface area contributed by atoms with Crippen molar-refractivity contribution in [1.82, 2.24) is 14.7 Å². The first kappa shape index (κ1) is 19.6. The molecule has 1 N–H and O–H groups in total. The summed E-state index contributed by atoms with van der Waals surface area (Å²) < 4.78 is 11.5. The van der Waals surface area contributed by atoms with Gasteiger partial charge in [-0.1, -0.05) is 0 Å². The molecule has 8 atom stereocenters. The van der Waals surface area contributed by atoms with Crippen molar-refractivity contribution in [2.24, 2.45) is 5.92 Å². The minimum Gasteiger partial charge on any atom is -0.492 e. The molecule has 0 aromatic carbocycles. The number of nitrogens with zero attached hydrogens (tertiary/aromatic N) is 4. The molecule has 31 heavy (non-hydrogen) atoms. The summed E-state index contributed by atoms with van der Waals surface area (Å²) in [6.45, 7) is 2.56. The molecule has 6 aliphatic rings. The van der Waals surface area contributed by atoms with Crippen LogP contribution in [0.15, 0.2) is 22.5 Å². The molecule has 0 amide bonds. The van der Waals surface area contributed by atoms with E-state index in [4.69, 9.17) is 9.47 Å². The molecule has 0 aromatic heterocycles. The number of carbonyl (C=O) groups is 2. The Bertz CT molecular complexity index is 998. The smallest absolute Gasteiger partial charge is 0.226 e. The fraction of sp³-hybridized carbons (Fsp3) is 0.682. The van der Waals surface area contributed by atoms with Crippen molar-refractivity contribution in [3.63, 3.8) is 0 Å². The molecule has 9 heteroatoms. The Balaban J connectivity index is 1.63. The lowest BCUT2D eigenvalue weighted by atomic mass is 9.69. The largest absolute Gasteiger partial charge is 0.492 e. The van der Waals surface area contributed by atoms with Gasteiger partial charge < -0.3 is 14.6 Å². The van der Waals surface area contributed by atoms with Gasteiger partial charge in [0.2, 0.25) is 5.78 Å². The zero-order chi connectivity index (χ0) is 21.8. The first-order valence-electron chi connectivity index (χ1n) is 10.9. The van der Waals surface area contributed by atoms with E-state index >= 15 is 0 Å². The Morgan fingerprint density at radius 1 is 1.26 bits per heavy atom. The number of ether oxygens (including phenoxy) is 2. The highest BCUT2D eigenvalue weighted by Gasteiger charge is 2.68. The van der Waals surface area contributed by atoms with Crippen LogP contribution in [0.25, 0.3) is 0 Å². The Labute approximate surface area is 180 Å². The van der Waals surface area contributed by atoms with Gasteiger partial charge in [0.25, 0.3) is 0 Å². The average molecular weight is 426 g/mol. The van der Waals surface area contributed by atoms with Crippen molar-refractivity contribution in [3.05, 3.63) is 22.5 Å². The Kier molecular flexibility index (Phi) is 4.08. The number of aliphatic hydroxyl groups excluding tert-OH is 1. The summed E-state index contributed by atoms with van der Waals surface area (Å²) in [5, 5.41) is 20.7. The lowest BCUT2D eigenvalue weighted by Crippen LogP contribution is -2.78. The van der Waals surface area contributed by atoms with E-state index < -0.39 is 12.1 Å². The molecule has 6 rings (SSSR count). The monoisotopic (exact) mass is 426 g/mol. The summed E-state index contributed by atoms with van der Waals surface area (Å²) in [7, 11) is 3.44. The summed E-state index contributed by atoms with van der Waals surface area (Å²) in [6, 6.07) is 0.854. The second-order valence-corrected chi connectivity index (χ2v) is 9.42. The number of piperazine rings is 1. The number of hydrogen-bond acceptors (Lipinski definition) is 9. The second kappa shape index (κ2) is 6.47. The zero-order valence-corrected chi connectivity index (χ0v) is 17.8. The third kappa shape index (κ3) is 2.12. The van der Waals surface area contributed by atoms with E-state index in [-0.39, 0.29) is 60.2 Å². The molecule has 0 saturated carbocycles. The fourth-order valence-corrected chi connectivity index (χ4v) is 7.45. The van der Waals surface area contributed by atoms with Crippen LogP contribution in [0, 0.1) is 17.2 Å². The second-order valence-electron chi connectivity index (χ2n) is 9.42. The number of ketones is 2. The van der Waals surface area contributed by atoms with Gasteiger partial charge in [0, 0.05) is 47.3 Å². The maximum Gasteiger partial charge on any atom is 0.226 e. The van der Waals surface area contributed by atoms with Gasteiger partial charge in [-0.3, -0.25) is 24.3 Å². The number of likely N-dealkylation sites (N-methyl/N-ethyl adjacent to an activating group) is 1. The predicted molar refractivity (Wildman–Crippen MR) is 106 cm³/mol. The number of fused-ring (bicyclic) bond motifs is 5. The maximum atomic E-state index is 13.6. The Morgan fingerprint density at radius 2 is 2.03 bits per heavy atom. The molecule has 0 aromatic rings. The van der Waals surface area contributed by atoms with Crippen LogP contribution in [0.5, 0.6) is 0 Å². The first-order chi connectivity index (χ1) is 15.0. The third-order valence-corrected chi connectivity index (χ3v) is 8.50. The zero-order valence-electron chi connectivity index (χ0n) is 17.8. The van der Waals surface area contributed by atoms with Gasteiger partial charge in [-0.05, 0) is 20.4 Å². The quantitative estimate of drug-likeness (QED) is 0.559. The predicted octanol–water partition coefficient (Wildman–Crippen LogP) is -0.965. The fourth-order valence-electron chi connectivity index (χ4n) is 7.45. The summed E-state index contributed by atoms with van der Waals surface area (Å²) in [4.78, 5) is 33.7. The van der Waals surface area contributed by atoms with E-state index in [2.05, 4.69) is 22.9 Å². The number of methoxy groups -OCH3 is 1. The summed E-state index contributed by atoms with van der Waals surface area (Å²) >= 11 is 0. The van der Waals surface area contributed by atoms with Crippen molar-refractivity contribution in [1.29, 1.82) is 5.26 Å². The molecule has 4 fully saturated rings. The lowest BCUT2D eigenvalue weighted by Gasteiger charge is -2.61. The van der Waals surface area contributed by atoms with Crippen LogP contribution in [0.2, 0.25) is 0 Å². The highest BCUT2D eigenvalue weighted by molar-refractivity contribution is 6.25.